The summed E-state index contributed by atoms with van der Waals surface area (Å²) in [5.74, 6) is 0.164. The van der Waals surface area contributed by atoms with E-state index in [4.69, 9.17) is 17.3 Å². The highest BCUT2D eigenvalue weighted by molar-refractivity contribution is 6.31. The molecule has 0 spiro atoms. The van der Waals surface area contributed by atoms with Gasteiger partial charge < -0.3 is 5.73 Å². The van der Waals surface area contributed by atoms with Crippen molar-refractivity contribution < 1.29 is 4.39 Å². The Balaban J connectivity index is 2.17. The van der Waals surface area contributed by atoms with Crippen molar-refractivity contribution in [1.29, 1.82) is 0 Å². The lowest BCUT2D eigenvalue weighted by molar-refractivity contribution is 0.617. The number of tetrazole rings is 1. The minimum atomic E-state index is -0.282. The smallest absolute Gasteiger partial charge is 0.189 e. The number of anilines is 1. The molecule has 1 heterocycles. The van der Waals surface area contributed by atoms with E-state index in [0.29, 0.717) is 33.3 Å². The van der Waals surface area contributed by atoms with Gasteiger partial charge in [-0.15, -0.1) is 5.10 Å². The van der Waals surface area contributed by atoms with Gasteiger partial charge in [-0.05, 0) is 59.3 Å². The maximum atomic E-state index is 13.4. The quantitative estimate of drug-likeness (QED) is 0.739. The molecule has 0 amide bonds. The zero-order valence-corrected chi connectivity index (χ0v) is 11.8. The number of hydrogen-bond donors (Lipinski definition) is 1. The number of nitrogen functional groups attached to an aromatic ring is 1. The SMILES string of the molecule is Cc1cc(-n2nnnc2-c2cc(Cl)ccc2N)ccc1F. The minimum Gasteiger partial charge on any atom is -0.398 e. The first-order chi connectivity index (χ1) is 10.1. The van der Waals surface area contributed by atoms with Gasteiger partial charge in [0.1, 0.15) is 5.82 Å². The zero-order valence-electron chi connectivity index (χ0n) is 11.1. The molecule has 0 saturated carbocycles. The fourth-order valence-corrected chi connectivity index (χ4v) is 2.18. The minimum absolute atomic E-state index is 0.282. The molecule has 0 fully saturated rings. The third-order valence-corrected chi connectivity index (χ3v) is 3.35. The summed E-state index contributed by atoms with van der Waals surface area (Å²) in [5, 5.41) is 12.1. The molecule has 1 aromatic heterocycles. The maximum Gasteiger partial charge on any atom is 0.189 e. The molecule has 3 rings (SSSR count). The van der Waals surface area contributed by atoms with Crippen molar-refractivity contribution in [3.05, 3.63) is 52.8 Å². The fraction of sp³-hybridized carbons (Fsp3) is 0.0714. The van der Waals surface area contributed by atoms with E-state index in [1.807, 2.05) is 0 Å². The predicted molar refractivity (Wildman–Crippen MR) is 78.7 cm³/mol. The van der Waals surface area contributed by atoms with Gasteiger partial charge in [-0.1, -0.05) is 11.6 Å². The van der Waals surface area contributed by atoms with Gasteiger partial charge in [-0.3, -0.25) is 0 Å². The Labute approximate surface area is 125 Å². The topological polar surface area (TPSA) is 69.6 Å². The van der Waals surface area contributed by atoms with Gasteiger partial charge in [-0.2, -0.15) is 4.68 Å². The zero-order chi connectivity index (χ0) is 15.0. The van der Waals surface area contributed by atoms with Gasteiger partial charge in [0.15, 0.2) is 5.82 Å². The van der Waals surface area contributed by atoms with Crippen LogP contribution in [0.3, 0.4) is 0 Å². The van der Waals surface area contributed by atoms with Crippen LogP contribution < -0.4 is 5.73 Å². The van der Waals surface area contributed by atoms with E-state index in [1.165, 1.54) is 10.7 Å². The Morgan fingerprint density at radius 3 is 2.76 bits per heavy atom. The molecule has 0 saturated heterocycles. The van der Waals surface area contributed by atoms with Gasteiger partial charge >= 0.3 is 0 Å². The standard InChI is InChI=1S/C14H11ClFN5/c1-8-6-10(3-4-12(8)16)21-14(18-19-20-21)11-7-9(15)2-5-13(11)17/h2-7H,17H2,1H3. The Kier molecular flexibility index (Phi) is 3.31. The van der Waals surface area contributed by atoms with Crippen molar-refractivity contribution >= 4 is 17.3 Å². The highest BCUT2D eigenvalue weighted by Crippen LogP contribution is 2.28. The van der Waals surface area contributed by atoms with Crippen LogP contribution in [0.15, 0.2) is 36.4 Å². The lowest BCUT2D eigenvalue weighted by Crippen LogP contribution is -2.02. The number of aromatic nitrogens is 4. The Bertz CT molecular complexity index is 815. The van der Waals surface area contributed by atoms with Crippen molar-refractivity contribution in [2.24, 2.45) is 0 Å². The second-order valence-electron chi connectivity index (χ2n) is 4.58. The third kappa shape index (κ3) is 2.45. The number of aryl methyl sites for hydroxylation is 1. The lowest BCUT2D eigenvalue weighted by Gasteiger charge is -2.08. The molecule has 0 aliphatic carbocycles. The van der Waals surface area contributed by atoms with Gasteiger partial charge in [0.05, 0.1) is 5.69 Å². The van der Waals surface area contributed by atoms with Crippen LogP contribution >= 0.6 is 11.6 Å². The fourth-order valence-electron chi connectivity index (χ4n) is 2.01. The average Bonchev–Trinajstić information content (AvgIpc) is 2.93. The number of rotatable bonds is 2. The Morgan fingerprint density at radius 2 is 2.00 bits per heavy atom. The van der Waals surface area contributed by atoms with Crippen molar-refractivity contribution in [1.82, 2.24) is 20.2 Å². The maximum absolute atomic E-state index is 13.4. The summed E-state index contributed by atoms with van der Waals surface area (Å²) >= 11 is 6.00. The number of nitrogens with zero attached hydrogens (tertiary/aromatic N) is 4. The summed E-state index contributed by atoms with van der Waals surface area (Å²) in [5.41, 5.74) is 8.24. The van der Waals surface area contributed by atoms with E-state index in [9.17, 15) is 4.39 Å². The summed E-state index contributed by atoms with van der Waals surface area (Å²) in [7, 11) is 0. The first kappa shape index (κ1) is 13.5. The lowest BCUT2D eigenvalue weighted by atomic mass is 10.1. The summed E-state index contributed by atoms with van der Waals surface area (Å²) < 4.78 is 14.9. The molecule has 2 aromatic carbocycles. The van der Waals surface area contributed by atoms with Gasteiger partial charge in [0.25, 0.3) is 0 Å². The molecule has 5 nitrogen and oxygen atoms in total. The van der Waals surface area contributed by atoms with E-state index in [1.54, 1.807) is 37.3 Å². The van der Waals surface area contributed by atoms with E-state index < -0.39 is 0 Å². The van der Waals surface area contributed by atoms with Crippen LogP contribution in [-0.4, -0.2) is 20.2 Å². The van der Waals surface area contributed by atoms with Crippen LogP contribution in [0.4, 0.5) is 10.1 Å². The van der Waals surface area contributed by atoms with E-state index in [0.717, 1.165) is 0 Å². The second kappa shape index (κ2) is 5.14. The molecular weight excluding hydrogens is 293 g/mol. The van der Waals surface area contributed by atoms with Crippen molar-refractivity contribution in [2.45, 2.75) is 6.92 Å². The first-order valence-electron chi connectivity index (χ1n) is 6.16. The van der Waals surface area contributed by atoms with Crippen molar-refractivity contribution in [3.8, 4) is 17.1 Å². The molecule has 2 N–H and O–H groups in total. The molecular formula is C14H11ClFN5. The van der Waals surface area contributed by atoms with Crippen LogP contribution in [-0.2, 0) is 0 Å². The Hall–Kier alpha value is -2.47. The summed E-state index contributed by atoms with van der Waals surface area (Å²) in [6.07, 6.45) is 0. The van der Waals surface area contributed by atoms with E-state index in [-0.39, 0.29) is 5.82 Å². The molecule has 0 aliphatic rings. The van der Waals surface area contributed by atoms with Crippen LogP contribution in [0.25, 0.3) is 17.1 Å². The molecule has 0 aliphatic heterocycles. The molecule has 0 atom stereocenters. The number of nitrogens with two attached hydrogens (primary N) is 1. The summed E-state index contributed by atoms with van der Waals surface area (Å²) in [6, 6.07) is 9.70. The molecule has 21 heavy (non-hydrogen) atoms. The van der Waals surface area contributed by atoms with Crippen LogP contribution in [0, 0.1) is 12.7 Å². The van der Waals surface area contributed by atoms with E-state index >= 15 is 0 Å². The van der Waals surface area contributed by atoms with Crippen molar-refractivity contribution in [2.75, 3.05) is 5.73 Å². The summed E-state index contributed by atoms with van der Waals surface area (Å²) in [4.78, 5) is 0. The average molecular weight is 304 g/mol. The van der Waals surface area contributed by atoms with Crippen LogP contribution in [0.5, 0.6) is 0 Å². The number of benzene rings is 2. The third-order valence-electron chi connectivity index (χ3n) is 3.11. The highest BCUT2D eigenvalue weighted by atomic mass is 35.5. The Morgan fingerprint density at radius 1 is 1.19 bits per heavy atom. The van der Waals surface area contributed by atoms with Gasteiger partial charge in [0, 0.05) is 16.3 Å². The summed E-state index contributed by atoms with van der Waals surface area (Å²) in [6.45, 7) is 1.68. The first-order valence-corrected chi connectivity index (χ1v) is 6.54. The van der Waals surface area contributed by atoms with Crippen LogP contribution in [0.2, 0.25) is 5.02 Å². The number of halogens is 2. The predicted octanol–water partition coefficient (Wildman–Crippen LogP) is 3.01. The second-order valence-corrected chi connectivity index (χ2v) is 5.02. The molecule has 0 bridgehead atoms. The molecule has 0 unspecified atom stereocenters. The molecule has 106 valence electrons. The highest BCUT2D eigenvalue weighted by Gasteiger charge is 2.14. The van der Waals surface area contributed by atoms with Crippen LogP contribution in [0.1, 0.15) is 5.56 Å². The van der Waals surface area contributed by atoms with Gasteiger partial charge in [0.2, 0.25) is 0 Å². The number of hydrogen-bond acceptors (Lipinski definition) is 4. The van der Waals surface area contributed by atoms with Crippen molar-refractivity contribution in [3.63, 3.8) is 0 Å². The molecule has 3 aromatic rings. The monoisotopic (exact) mass is 303 g/mol. The normalized spacial score (nSPS) is 10.8. The van der Waals surface area contributed by atoms with Gasteiger partial charge in [-0.25, -0.2) is 4.39 Å². The molecule has 7 heteroatoms. The largest absolute Gasteiger partial charge is 0.398 e. The molecule has 0 radical (unpaired) electrons. The van der Waals surface area contributed by atoms with E-state index in [2.05, 4.69) is 15.5 Å².